The number of carbonyl (C=O) groups is 5. The molecule has 0 radical (unpaired) electrons. The van der Waals surface area contributed by atoms with E-state index in [0.717, 1.165) is 16.9 Å². The number of benzene rings is 1. The van der Waals surface area contributed by atoms with E-state index in [4.69, 9.17) is 9.47 Å². The lowest BCUT2D eigenvalue weighted by Gasteiger charge is -2.39. The number of hydrogen-bond donors (Lipinski definition) is 3. The summed E-state index contributed by atoms with van der Waals surface area (Å²) < 4.78 is 10.7. The van der Waals surface area contributed by atoms with Crippen molar-refractivity contribution in [2.45, 2.75) is 91.0 Å². The maximum absolute atomic E-state index is 14.2. The number of carbonyl (C=O) groups excluding carboxylic acids is 5. The average molecular weight is 633 g/mol. The lowest BCUT2D eigenvalue weighted by Crippen LogP contribution is -2.61. The van der Waals surface area contributed by atoms with E-state index in [1.807, 2.05) is 19.9 Å². The van der Waals surface area contributed by atoms with Crippen LogP contribution < -0.4 is 16.0 Å². The smallest absolute Gasteiger partial charge is 0.417 e. The minimum Gasteiger partial charge on any atom is -0.444 e. The predicted octanol–water partition coefficient (Wildman–Crippen LogP) is 3.04. The van der Waals surface area contributed by atoms with Crippen LogP contribution in [0.4, 0.5) is 9.59 Å². The maximum atomic E-state index is 14.2. The highest BCUT2D eigenvalue weighted by Crippen LogP contribution is 2.20. The molecule has 1 aliphatic rings. The van der Waals surface area contributed by atoms with Gasteiger partial charge in [-0.3, -0.25) is 19.4 Å². The monoisotopic (exact) mass is 632 g/mol. The molecule has 1 fully saturated rings. The molecular weight excluding hydrogens is 580 g/mol. The van der Waals surface area contributed by atoms with Crippen LogP contribution in [0, 0.1) is 5.92 Å². The van der Waals surface area contributed by atoms with Crippen LogP contribution in [0.5, 0.6) is 0 Å². The Kier molecular flexibility index (Phi) is 15.2. The van der Waals surface area contributed by atoms with Crippen molar-refractivity contribution < 1.29 is 33.4 Å². The fourth-order valence-electron chi connectivity index (χ4n) is 4.83. The lowest BCUT2D eigenvalue weighted by atomic mass is 10.0. The molecule has 0 bridgehead atoms. The van der Waals surface area contributed by atoms with Crippen LogP contribution in [0.3, 0.4) is 0 Å². The number of unbranched alkanes of at least 4 members (excludes halogenated alkanes) is 1. The SMILES string of the molecule is CC(C)C[C@@H](C(=O)N(CC(=O)NCCCCNC(=O)OC(C)(C)C)C(=O)OCc1ccccc1)N(C(=O)[C@@H]1CCCN1)N(C)C. The summed E-state index contributed by atoms with van der Waals surface area (Å²) in [6, 6.07) is 7.53. The number of imide groups is 1. The third-order valence-corrected chi connectivity index (χ3v) is 6.88. The maximum Gasteiger partial charge on any atom is 0.417 e. The number of ether oxygens (including phenoxy) is 2. The molecule has 0 unspecified atom stereocenters. The number of amides is 5. The van der Waals surface area contributed by atoms with Gasteiger partial charge in [-0.15, -0.1) is 0 Å². The van der Waals surface area contributed by atoms with Gasteiger partial charge in [0.1, 0.15) is 24.8 Å². The highest BCUT2D eigenvalue weighted by molar-refractivity contribution is 6.00. The summed E-state index contributed by atoms with van der Waals surface area (Å²) in [5.41, 5.74) is 0.126. The molecule has 0 aliphatic carbocycles. The van der Waals surface area contributed by atoms with Crippen molar-refractivity contribution in [3.63, 3.8) is 0 Å². The molecule has 0 spiro atoms. The number of alkyl carbamates (subject to hydrolysis) is 1. The van der Waals surface area contributed by atoms with Gasteiger partial charge in [0.05, 0.1) is 6.04 Å². The zero-order valence-electron chi connectivity index (χ0n) is 27.9. The number of nitrogens with zero attached hydrogens (tertiary/aromatic N) is 3. The molecule has 45 heavy (non-hydrogen) atoms. The molecule has 0 aromatic heterocycles. The van der Waals surface area contributed by atoms with Gasteiger partial charge in [-0.1, -0.05) is 44.2 Å². The molecule has 1 aromatic carbocycles. The van der Waals surface area contributed by atoms with Crippen molar-refractivity contribution in [1.82, 2.24) is 30.9 Å². The van der Waals surface area contributed by atoms with Gasteiger partial charge in [0.15, 0.2) is 0 Å². The quantitative estimate of drug-likeness (QED) is 0.196. The molecule has 252 valence electrons. The largest absolute Gasteiger partial charge is 0.444 e. The summed E-state index contributed by atoms with van der Waals surface area (Å²) >= 11 is 0. The molecule has 5 amide bonds. The summed E-state index contributed by atoms with van der Waals surface area (Å²) in [4.78, 5) is 66.8. The summed E-state index contributed by atoms with van der Waals surface area (Å²) in [5, 5.41) is 11.5. The molecular formula is C32H52N6O7. The standard InChI is InChI=1S/C32H52N6O7/c1-23(2)20-26(38(36(6)7)28(40)25-16-13-19-33-25)29(41)37(31(43)44-22-24-14-9-8-10-15-24)21-27(39)34-17-11-12-18-35-30(42)45-32(3,4)5/h8-10,14-15,23,25-26,33H,11-13,16-22H2,1-7H3,(H,34,39)(H,35,42)/t25-,26-/m0/s1. The van der Waals surface area contributed by atoms with E-state index < -0.39 is 48.2 Å². The van der Waals surface area contributed by atoms with E-state index in [1.165, 1.54) is 5.01 Å². The Bertz CT molecular complexity index is 1120. The molecule has 3 N–H and O–H groups in total. The third kappa shape index (κ3) is 13.4. The first-order valence-corrected chi connectivity index (χ1v) is 15.7. The second-order valence-electron chi connectivity index (χ2n) is 12.8. The first-order chi connectivity index (χ1) is 21.2. The topological polar surface area (TPSA) is 150 Å². The van der Waals surface area contributed by atoms with Gasteiger partial charge in [0.2, 0.25) is 5.91 Å². The second-order valence-corrected chi connectivity index (χ2v) is 12.8. The highest BCUT2D eigenvalue weighted by Gasteiger charge is 2.41. The summed E-state index contributed by atoms with van der Waals surface area (Å²) in [5.74, 6) is -1.52. The van der Waals surface area contributed by atoms with Crippen molar-refractivity contribution in [3.8, 4) is 0 Å². The highest BCUT2D eigenvalue weighted by atomic mass is 16.6. The van der Waals surface area contributed by atoms with E-state index in [-0.39, 0.29) is 31.4 Å². The Morgan fingerprint density at radius 3 is 2.20 bits per heavy atom. The van der Waals surface area contributed by atoms with E-state index in [0.29, 0.717) is 32.4 Å². The molecule has 0 saturated carbocycles. The van der Waals surface area contributed by atoms with E-state index >= 15 is 0 Å². The van der Waals surface area contributed by atoms with E-state index in [9.17, 15) is 24.0 Å². The van der Waals surface area contributed by atoms with Crippen LogP contribution in [0.25, 0.3) is 0 Å². The van der Waals surface area contributed by atoms with Crippen molar-refractivity contribution >= 4 is 29.9 Å². The normalized spacial score (nSPS) is 15.4. The second kappa shape index (κ2) is 18.3. The van der Waals surface area contributed by atoms with Crippen LogP contribution in [-0.4, -0.2) is 103 Å². The van der Waals surface area contributed by atoms with Gasteiger partial charge < -0.3 is 25.4 Å². The van der Waals surface area contributed by atoms with E-state index in [1.54, 1.807) is 64.1 Å². The Balaban J connectivity index is 2.15. The van der Waals surface area contributed by atoms with Gasteiger partial charge >= 0.3 is 12.2 Å². The first-order valence-electron chi connectivity index (χ1n) is 15.7. The van der Waals surface area contributed by atoms with Gasteiger partial charge in [0.25, 0.3) is 11.8 Å². The van der Waals surface area contributed by atoms with Crippen LogP contribution in [-0.2, 0) is 30.5 Å². The van der Waals surface area contributed by atoms with Gasteiger partial charge in [-0.2, -0.15) is 0 Å². The number of nitrogens with one attached hydrogen (secondary N) is 3. The minimum atomic E-state index is -1.04. The van der Waals surface area contributed by atoms with Crippen molar-refractivity contribution in [3.05, 3.63) is 35.9 Å². The van der Waals surface area contributed by atoms with Crippen LogP contribution in [0.1, 0.15) is 72.3 Å². The molecule has 1 heterocycles. The van der Waals surface area contributed by atoms with Gasteiger partial charge in [0, 0.05) is 27.2 Å². The minimum absolute atomic E-state index is 0.00366. The fourth-order valence-corrected chi connectivity index (χ4v) is 4.83. The molecule has 2 atom stereocenters. The Labute approximate surface area is 267 Å². The average Bonchev–Trinajstić information content (AvgIpc) is 3.50. The van der Waals surface area contributed by atoms with Crippen LogP contribution >= 0.6 is 0 Å². The lowest BCUT2D eigenvalue weighted by molar-refractivity contribution is -0.162. The zero-order chi connectivity index (χ0) is 33.6. The van der Waals surface area contributed by atoms with E-state index in [2.05, 4.69) is 16.0 Å². The molecule has 2 rings (SSSR count). The molecule has 1 saturated heterocycles. The summed E-state index contributed by atoms with van der Waals surface area (Å²) in [6.07, 6.45) is 1.39. The summed E-state index contributed by atoms with van der Waals surface area (Å²) in [6.45, 7) is 9.86. The van der Waals surface area contributed by atoms with Gasteiger partial charge in [-0.25, -0.2) is 19.5 Å². The first kappa shape index (κ1) is 37.5. The Morgan fingerprint density at radius 1 is 1.00 bits per heavy atom. The van der Waals surface area contributed by atoms with Gasteiger partial charge in [-0.05, 0) is 70.9 Å². The van der Waals surface area contributed by atoms with Crippen LogP contribution in [0.15, 0.2) is 30.3 Å². The predicted molar refractivity (Wildman–Crippen MR) is 170 cm³/mol. The number of hydrazine groups is 1. The summed E-state index contributed by atoms with van der Waals surface area (Å²) in [7, 11) is 3.35. The van der Waals surface area contributed by atoms with Crippen molar-refractivity contribution in [2.24, 2.45) is 5.92 Å². The fraction of sp³-hybridized carbons (Fsp3) is 0.656. The molecule has 13 nitrogen and oxygen atoms in total. The Hall–Kier alpha value is -3.71. The van der Waals surface area contributed by atoms with Crippen molar-refractivity contribution in [2.75, 3.05) is 40.3 Å². The molecule has 1 aliphatic heterocycles. The molecule has 13 heteroatoms. The van der Waals surface area contributed by atoms with Crippen LogP contribution in [0.2, 0.25) is 0 Å². The number of rotatable bonds is 15. The zero-order valence-corrected chi connectivity index (χ0v) is 27.9. The number of hydrogen-bond acceptors (Lipinski definition) is 9. The Morgan fingerprint density at radius 2 is 1.64 bits per heavy atom. The molecule has 1 aromatic rings. The van der Waals surface area contributed by atoms with Crippen molar-refractivity contribution in [1.29, 1.82) is 0 Å². The third-order valence-electron chi connectivity index (χ3n) is 6.88.